The minimum atomic E-state index is -0.211. The Hall–Kier alpha value is -1.06. The van der Waals surface area contributed by atoms with Gasteiger partial charge >= 0.3 is 0 Å². The molecule has 0 atom stereocenters. The third kappa shape index (κ3) is 2.36. The van der Waals surface area contributed by atoms with Crippen LogP contribution in [0.2, 0.25) is 0 Å². The monoisotopic (exact) mass is 235 g/mol. The molecule has 1 aromatic carbocycles. The van der Waals surface area contributed by atoms with Crippen LogP contribution in [0.5, 0.6) is 5.75 Å². The Kier molecular flexibility index (Phi) is 2.91. The van der Waals surface area contributed by atoms with Gasteiger partial charge in [-0.2, -0.15) is 0 Å². The van der Waals surface area contributed by atoms with Crippen LogP contribution < -0.4 is 10.5 Å². The molecule has 2 N–H and O–H groups in total. The maximum atomic E-state index is 6.06. The van der Waals surface area contributed by atoms with Crippen molar-refractivity contribution in [3.63, 3.8) is 0 Å². The molecule has 0 aliphatic rings. The second kappa shape index (κ2) is 4.07. The SMILES string of the molecule is COc1cc2sccc2cc1CC(C)(C)N. The molecule has 0 aliphatic carbocycles. The molecule has 0 saturated carbocycles. The quantitative estimate of drug-likeness (QED) is 0.886. The Morgan fingerprint density at radius 3 is 2.75 bits per heavy atom. The summed E-state index contributed by atoms with van der Waals surface area (Å²) in [5.41, 5.74) is 7.03. The number of benzene rings is 1. The van der Waals surface area contributed by atoms with Crippen LogP contribution in [0.25, 0.3) is 10.1 Å². The molecule has 0 amide bonds. The molecule has 16 heavy (non-hydrogen) atoms. The highest BCUT2D eigenvalue weighted by molar-refractivity contribution is 7.17. The summed E-state index contributed by atoms with van der Waals surface area (Å²) < 4.78 is 6.68. The molecule has 0 saturated heterocycles. The number of rotatable bonds is 3. The Balaban J connectivity index is 2.48. The average Bonchev–Trinajstić information content (AvgIpc) is 2.60. The van der Waals surface area contributed by atoms with Gasteiger partial charge in [0.2, 0.25) is 0 Å². The summed E-state index contributed by atoms with van der Waals surface area (Å²) in [4.78, 5) is 0. The average molecular weight is 235 g/mol. The predicted octanol–water partition coefficient (Wildman–Crippen LogP) is 3.19. The second-order valence-corrected chi connectivity index (χ2v) is 5.74. The van der Waals surface area contributed by atoms with Crippen LogP contribution in [0.3, 0.4) is 0 Å². The van der Waals surface area contributed by atoms with Crippen LogP contribution in [0, 0.1) is 0 Å². The van der Waals surface area contributed by atoms with E-state index in [0.717, 1.165) is 12.2 Å². The van der Waals surface area contributed by atoms with Crippen molar-refractivity contribution in [2.45, 2.75) is 25.8 Å². The van der Waals surface area contributed by atoms with Crippen molar-refractivity contribution < 1.29 is 4.74 Å². The predicted molar refractivity (Wildman–Crippen MR) is 70.3 cm³/mol. The fourth-order valence-corrected chi connectivity index (χ4v) is 2.66. The third-order valence-corrected chi connectivity index (χ3v) is 3.38. The zero-order chi connectivity index (χ0) is 11.8. The third-order valence-electron chi connectivity index (χ3n) is 2.50. The van der Waals surface area contributed by atoms with Crippen molar-refractivity contribution in [2.24, 2.45) is 5.73 Å². The van der Waals surface area contributed by atoms with Gasteiger partial charge in [-0.15, -0.1) is 11.3 Å². The van der Waals surface area contributed by atoms with E-state index in [9.17, 15) is 0 Å². The minimum absolute atomic E-state index is 0.211. The smallest absolute Gasteiger partial charge is 0.123 e. The maximum Gasteiger partial charge on any atom is 0.123 e. The number of nitrogens with two attached hydrogens (primary N) is 1. The van der Waals surface area contributed by atoms with Gasteiger partial charge in [-0.3, -0.25) is 0 Å². The summed E-state index contributed by atoms with van der Waals surface area (Å²) in [6, 6.07) is 6.41. The maximum absolute atomic E-state index is 6.06. The van der Waals surface area contributed by atoms with Crippen LogP contribution in [-0.4, -0.2) is 12.6 Å². The standard InChI is InChI=1S/C13H17NOS/c1-13(2,14)8-10-6-9-4-5-16-12(9)7-11(10)15-3/h4-7H,8,14H2,1-3H3. The zero-order valence-electron chi connectivity index (χ0n) is 9.91. The Morgan fingerprint density at radius 1 is 1.38 bits per heavy atom. The molecule has 86 valence electrons. The van der Waals surface area contributed by atoms with E-state index in [2.05, 4.69) is 23.6 Å². The number of fused-ring (bicyclic) bond motifs is 1. The molecule has 0 fully saturated rings. The van der Waals surface area contributed by atoms with E-state index in [4.69, 9.17) is 10.5 Å². The number of hydrogen-bond donors (Lipinski definition) is 1. The fourth-order valence-electron chi connectivity index (χ4n) is 1.86. The van der Waals surface area contributed by atoms with Gasteiger partial charge in [-0.1, -0.05) is 0 Å². The molecule has 2 aromatic rings. The van der Waals surface area contributed by atoms with Gasteiger partial charge in [-0.25, -0.2) is 0 Å². The lowest BCUT2D eigenvalue weighted by Gasteiger charge is -2.20. The number of ether oxygens (including phenoxy) is 1. The highest BCUT2D eigenvalue weighted by Crippen LogP contribution is 2.31. The molecule has 0 unspecified atom stereocenters. The largest absolute Gasteiger partial charge is 0.496 e. The van der Waals surface area contributed by atoms with Gasteiger partial charge in [0.1, 0.15) is 5.75 Å². The lowest BCUT2D eigenvalue weighted by atomic mass is 9.95. The van der Waals surface area contributed by atoms with Crippen molar-refractivity contribution in [3.05, 3.63) is 29.1 Å². The van der Waals surface area contributed by atoms with Gasteiger partial charge in [-0.05, 0) is 54.8 Å². The first-order chi connectivity index (χ1) is 7.49. The number of thiophene rings is 1. The lowest BCUT2D eigenvalue weighted by molar-refractivity contribution is 0.403. The van der Waals surface area contributed by atoms with E-state index in [0.29, 0.717) is 0 Å². The second-order valence-electron chi connectivity index (χ2n) is 4.79. The van der Waals surface area contributed by atoms with Crippen LogP contribution in [0.4, 0.5) is 0 Å². The van der Waals surface area contributed by atoms with E-state index < -0.39 is 0 Å². The molecule has 1 heterocycles. The summed E-state index contributed by atoms with van der Waals surface area (Å²) in [5, 5.41) is 3.37. The first-order valence-corrected chi connectivity index (χ1v) is 6.20. The van der Waals surface area contributed by atoms with Gasteiger partial charge in [0.05, 0.1) is 7.11 Å². The molecule has 2 nitrogen and oxygen atoms in total. The Morgan fingerprint density at radius 2 is 2.12 bits per heavy atom. The number of hydrogen-bond acceptors (Lipinski definition) is 3. The molecular formula is C13H17NOS. The Labute approximate surface area is 100 Å². The van der Waals surface area contributed by atoms with Crippen LogP contribution in [-0.2, 0) is 6.42 Å². The Bertz CT molecular complexity index is 496. The molecular weight excluding hydrogens is 218 g/mol. The normalized spacial score (nSPS) is 12.0. The van der Waals surface area contributed by atoms with Crippen molar-refractivity contribution in [2.75, 3.05) is 7.11 Å². The van der Waals surface area contributed by atoms with Gasteiger partial charge in [0, 0.05) is 10.2 Å². The first kappa shape index (κ1) is 11.4. The molecule has 0 aliphatic heterocycles. The first-order valence-electron chi connectivity index (χ1n) is 5.32. The molecule has 0 radical (unpaired) electrons. The van der Waals surface area contributed by atoms with E-state index in [1.54, 1.807) is 18.4 Å². The summed E-state index contributed by atoms with van der Waals surface area (Å²) in [5.74, 6) is 0.938. The highest BCUT2D eigenvalue weighted by atomic mass is 32.1. The van der Waals surface area contributed by atoms with Gasteiger partial charge in [0.25, 0.3) is 0 Å². The molecule has 2 rings (SSSR count). The van der Waals surface area contributed by atoms with Crippen molar-refractivity contribution in [1.29, 1.82) is 0 Å². The van der Waals surface area contributed by atoms with Crippen molar-refractivity contribution >= 4 is 21.4 Å². The highest BCUT2D eigenvalue weighted by Gasteiger charge is 2.15. The molecule has 0 bridgehead atoms. The zero-order valence-corrected chi connectivity index (χ0v) is 10.7. The van der Waals surface area contributed by atoms with Crippen LogP contribution >= 0.6 is 11.3 Å². The van der Waals surface area contributed by atoms with E-state index in [1.807, 2.05) is 13.8 Å². The summed E-state index contributed by atoms with van der Waals surface area (Å²) in [6.07, 6.45) is 0.821. The van der Waals surface area contributed by atoms with E-state index in [1.165, 1.54) is 15.6 Å². The summed E-state index contributed by atoms with van der Waals surface area (Å²) >= 11 is 1.73. The molecule has 1 aromatic heterocycles. The lowest BCUT2D eigenvalue weighted by Crippen LogP contribution is -2.34. The number of methoxy groups -OCH3 is 1. The van der Waals surface area contributed by atoms with E-state index in [-0.39, 0.29) is 5.54 Å². The van der Waals surface area contributed by atoms with Crippen LogP contribution in [0.1, 0.15) is 19.4 Å². The van der Waals surface area contributed by atoms with Crippen molar-refractivity contribution in [3.8, 4) is 5.75 Å². The fraction of sp³-hybridized carbons (Fsp3) is 0.385. The molecule has 3 heteroatoms. The van der Waals surface area contributed by atoms with Gasteiger partial charge in [0.15, 0.2) is 0 Å². The topological polar surface area (TPSA) is 35.2 Å². The van der Waals surface area contributed by atoms with Crippen LogP contribution in [0.15, 0.2) is 23.6 Å². The summed E-state index contributed by atoms with van der Waals surface area (Å²) in [7, 11) is 1.71. The van der Waals surface area contributed by atoms with Gasteiger partial charge < -0.3 is 10.5 Å². The van der Waals surface area contributed by atoms with Crippen molar-refractivity contribution in [1.82, 2.24) is 0 Å². The molecule has 0 spiro atoms. The summed E-state index contributed by atoms with van der Waals surface area (Å²) in [6.45, 7) is 4.06. The minimum Gasteiger partial charge on any atom is -0.496 e. The van der Waals surface area contributed by atoms with E-state index >= 15 is 0 Å².